The van der Waals surface area contributed by atoms with Crippen molar-refractivity contribution in [2.24, 2.45) is 0 Å². The van der Waals surface area contributed by atoms with Crippen LogP contribution >= 0.6 is 0 Å². The standard InChI is InChI=1S/C9H12N2O2/c12-9(13)4-8-10-5-7(11-8)6-2-1-3-6/h5-6H,1-4H2,(H,10,11)(H,12,13). The van der Waals surface area contributed by atoms with Gasteiger partial charge in [0.1, 0.15) is 12.2 Å². The van der Waals surface area contributed by atoms with Crippen molar-refractivity contribution < 1.29 is 9.90 Å². The molecule has 0 saturated heterocycles. The number of carboxylic acid groups (broad SMARTS) is 1. The zero-order chi connectivity index (χ0) is 9.26. The number of nitrogens with one attached hydrogen (secondary N) is 1. The molecule has 1 aromatic rings. The zero-order valence-corrected chi connectivity index (χ0v) is 7.29. The highest BCUT2D eigenvalue weighted by molar-refractivity contribution is 5.68. The highest BCUT2D eigenvalue weighted by Crippen LogP contribution is 2.35. The van der Waals surface area contributed by atoms with Gasteiger partial charge in [0, 0.05) is 17.8 Å². The van der Waals surface area contributed by atoms with Crippen molar-refractivity contribution in [3.63, 3.8) is 0 Å². The summed E-state index contributed by atoms with van der Waals surface area (Å²) in [5.41, 5.74) is 1.10. The highest BCUT2D eigenvalue weighted by Gasteiger charge is 2.21. The van der Waals surface area contributed by atoms with Crippen molar-refractivity contribution in [1.29, 1.82) is 0 Å². The molecule has 0 unspecified atom stereocenters. The first-order valence-corrected chi connectivity index (χ1v) is 4.51. The second kappa shape index (κ2) is 3.20. The lowest BCUT2D eigenvalue weighted by molar-refractivity contribution is -0.136. The molecule has 13 heavy (non-hydrogen) atoms. The Morgan fingerprint density at radius 3 is 3.00 bits per heavy atom. The molecule has 0 bridgehead atoms. The molecule has 4 nitrogen and oxygen atoms in total. The molecule has 0 spiro atoms. The van der Waals surface area contributed by atoms with Crippen LogP contribution in [0.25, 0.3) is 0 Å². The second-order valence-corrected chi connectivity index (χ2v) is 3.48. The molecule has 1 aromatic heterocycles. The number of nitrogens with zero attached hydrogens (tertiary/aromatic N) is 1. The Hall–Kier alpha value is -1.32. The lowest BCUT2D eigenvalue weighted by atomic mass is 9.83. The number of aromatic nitrogens is 2. The van der Waals surface area contributed by atoms with Crippen LogP contribution in [0.5, 0.6) is 0 Å². The lowest BCUT2D eigenvalue weighted by Crippen LogP contribution is -2.09. The molecule has 70 valence electrons. The molecule has 0 atom stereocenters. The van der Waals surface area contributed by atoms with Gasteiger partial charge in [-0.3, -0.25) is 4.79 Å². The maximum absolute atomic E-state index is 10.4. The quantitative estimate of drug-likeness (QED) is 0.736. The summed E-state index contributed by atoms with van der Waals surface area (Å²) in [4.78, 5) is 17.4. The van der Waals surface area contributed by atoms with Gasteiger partial charge in [0.2, 0.25) is 0 Å². The topological polar surface area (TPSA) is 66.0 Å². The fourth-order valence-corrected chi connectivity index (χ4v) is 1.54. The number of aromatic amines is 1. The molecule has 2 N–H and O–H groups in total. The van der Waals surface area contributed by atoms with Crippen molar-refractivity contribution in [2.75, 3.05) is 0 Å². The molecule has 0 aliphatic heterocycles. The second-order valence-electron chi connectivity index (χ2n) is 3.48. The number of rotatable bonds is 3. The average Bonchev–Trinajstić information content (AvgIpc) is 2.31. The Morgan fingerprint density at radius 2 is 2.46 bits per heavy atom. The Kier molecular flexibility index (Phi) is 2.04. The largest absolute Gasteiger partial charge is 0.481 e. The van der Waals surface area contributed by atoms with E-state index in [0.29, 0.717) is 11.7 Å². The fraction of sp³-hybridized carbons (Fsp3) is 0.556. The molecule has 1 aliphatic rings. The molecule has 2 rings (SSSR count). The number of carboxylic acids is 1. The SMILES string of the molecule is O=C(O)Cc1ncc(C2CCC2)[nH]1. The van der Waals surface area contributed by atoms with E-state index in [2.05, 4.69) is 9.97 Å². The summed E-state index contributed by atoms with van der Waals surface area (Å²) in [6.07, 6.45) is 5.44. The van der Waals surface area contributed by atoms with Gasteiger partial charge in [0.15, 0.2) is 0 Å². The van der Waals surface area contributed by atoms with Gasteiger partial charge >= 0.3 is 5.97 Å². The van der Waals surface area contributed by atoms with Gasteiger partial charge < -0.3 is 10.1 Å². The van der Waals surface area contributed by atoms with Crippen LogP contribution in [0.4, 0.5) is 0 Å². The van der Waals surface area contributed by atoms with E-state index in [9.17, 15) is 4.79 Å². The Morgan fingerprint density at radius 1 is 1.69 bits per heavy atom. The highest BCUT2D eigenvalue weighted by atomic mass is 16.4. The van der Waals surface area contributed by atoms with E-state index >= 15 is 0 Å². The minimum Gasteiger partial charge on any atom is -0.481 e. The first kappa shape index (κ1) is 8.29. The van der Waals surface area contributed by atoms with E-state index in [-0.39, 0.29) is 6.42 Å². The van der Waals surface area contributed by atoms with Crippen LogP contribution in [-0.2, 0) is 11.2 Å². The molecule has 1 aliphatic carbocycles. The molecule has 1 fully saturated rings. The number of H-pyrrole nitrogens is 1. The minimum atomic E-state index is -0.838. The summed E-state index contributed by atoms with van der Waals surface area (Å²) < 4.78 is 0. The van der Waals surface area contributed by atoms with Crippen LogP contribution in [0.2, 0.25) is 0 Å². The number of hydrogen-bond donors (Lipinski definition) is 2. The molecule has 0 radical (unpaired) electrons. The minimum absolute atomic E-state index is 0.00722. The van der Waals surface area contributed by atoms with Gasteiger partial charge in [-0.25, -0.2) is 4.98 Å². The van der Waals surface area contributed by atoms with Crippen molar-refractivity contribution >= 4 is 5.97 Å². The number of aliphatic carboxylic acids is 1. The predicted octanol–water partition coefficient (Wildman–Crippen LogP) is 1.30. The third-order valence-corrected chi connectivity index (χ3v) is 2.51. The van der Waals surface area contributed by atoms with E-state index in [0.717, 1.165) is 5.69 Å². The van der Waals surface area contributed by atoms with Crippen molar-refractivity contribution in [3.05, 3.63) is 17.7 Å². The van der Waals surface area contributed by atoms with Crippen molar-refractivity contribution in [1.82, 2.24) is 9.97 Å². The maximum atomic E-state index is 10.4. The summed E-state index contributed by atoms with van der Waals surface area (Å²) in [7, 11) is 0. The van der Waals surface area contributed by atoms with Crippen molar-refractivity contribution in [3.8, 4) is 0 Å². The van der Waals surface area contributed by atoms with Gasteiger partial charge in [-0.2, -0.15) is 0 Å². The van der Waals surface area contributed by atoms with Gasteiger partial charge in [-0.15, -0.1) is 0 Å². The van der Waals surface area contributed by atoms with Crippen LogP contribution < -0.4 is 0 Å². The Labute approximate surface area is 76.0 Å². The van der Waals surface area contributed by atoms with Gasteiger partial charge in [-0.1, -0.05) is 6.42 Å². The Bertz CT molecular complexity index is 315. The van der Waals surface area contributed by atoms with E-state index < -0.39 is 5.97 Å². The smallest absolute Gasteiger partial charge is 0.311 e. The van der Waals surface area contributed by atoms with Crippen molar-refractivity contribution in [2.45, 2.75) is 31.6 Å². The first-order chi connectivity index (χ1) is 6.25. The molecule has 1 saturated carbocycles. The van der Waals surface area contributed by atoms with Crippen LogP contribution in [0.15, 0.2) is 6.20 Å². The maximum Gasteiger partial charge on any atom is 0.311 e. The summed E-state index contributed by atoms with van der Waals surface area (Å²) in [6.45, 7) is 0. The van der Waals surface area contributed by atoms with E-state index in [4.69, 9.17) is 5.11 Å². The summed E-state index contributed by atoms with van der Waals surface area (Å²) in [5.74, 6) is 0.318. The van der Waals surface area contributed by atoms with Crippen LogP contribution in [0, 0.1) is 0 Å². The van der Waals surface area contributed by atoms with E-state index in [1.165, 1.54) is 19.3 Å². The van der Waals surface area contributed by atoms with E-state index in [1.54, 1.807) is 6.20 Å². The summed E-state index contributed by atoms with van der Waals surface area (Å²) in [6, 6.07) is 0. The monoisotopic (exact) mass is 180 g/mol. The summed E-state index contributed by atoms with van der Waals surface area (Å²) >= 11 is 0. The number of hydrogen-bond acceptors (Lipinski definition) is 2. The number of imidazole rings is 1. The third kappa shape index (κ3) is 1.71. The van der Waals surface area contributed by atoms with E-state index in [1.807, 2.05) is 0 Å². The predicted molar refractivity (Wildman–Crippen MR) is 46.5 cm³/mol. The van der Waals surface area contributed by atoms with Crippen LogP contribution in [0.3, 0.4) is 0 Å². The average molecular weight is 180 g/mol. The summed E-state index contributed by atoms with van der Waals surface area (Å²) in [5, 5.41) is 8.53. The molecule has 4 heteroatoms. The van der Waals surface area contributed by atoms with Gasteiger partial charge in [0.05, 0.1) is 0 Å². The third-order valence-electron chi connectivity index (χ3n) is 2.51. The lowest BCUT2D eigenvalue weighted by Gasteiger charge is -2.23. The molecule has 0 aromatic carbocycles. The molecular formula is C9H12N2O2. The number of carbonyl (C=O) groups is 1. The van der Waals surface area contributed by atoms with Crippen LogP contribution in [-0.4, -0.2) is 21.0 Å². The zero-order valence-electron chi connectivity index (χ0n) is 7.29. The molecular weight excluding hydrogens is 168 g/mol. The molecule has 0 amide bonds. The fourth-order valence-electron chi connectivity index (χ4n) is 1.54. The normalized spacial score (nSPS) is 16.9. The first-order valence-electron chi connectivity index (χ1n) is 4.51. The molecule has 1 heterocycles. The van der Waals surface area contributed by atoms with Gasteiger partial charge in [-0.05, 0) is 12.8 Å². The van der Waals surface area contributed by atoms with Gasteiger partial charge in [0.25, 0.3) is 0 Å². The Balaban J connectivity index is 2.04. The van der Waals surface area contributed by atoms with Crippen LogP contribution in [0.1, 0.15) is 36.7 Å².